The first-order valence-electron chi connectivity index (χ1n) is 5.38. The fourth-order valence-electron chi connectivity index (χ4n) is 2.29. The van der Waals surface area contributed by atoms with Crippen molar-refractivity contribution in [1.29, 1.82) is 0 Å². The smallest absolute Gasteiger partial charge is 0.309 e. The van der Waals surface area contributed by atoms with E-state index in [1.165, 1.54) is 17.7 Å². The first-order valence-corrected chi connectivity index (χ1v) is 5.38. The Morgan fingerprint density at radius 2 is 2.33 bits per heavy atom. The summed E-state index contributed by atoms with van der Waals surface area (Å²) in [5, 5.41) is 8.71. The molecule has 1 aliphatic carbocycles. The number of H-pyrrole nitrogens is 1. The van der Waals surface area contributed by atoms with E-state index in [-0.39, 0.29) is 6.42 Å². The molecule has 1 heterocycles. The quantitative estimate of drug-likeness (QED) is 0.780. The number of carboxylic acid groups (broad SMARTS) is 1. The van der Waals surface area contributed by atoms with Crippen molar-refractivity contribution in [2.45, 2.75) is 39.5 Å². The number of hydrogen-bond donors (Lipinski definition) is 2. The van der Waals surface area contributed by atoms with Gasteiger partial charge in [-0.2, -0.15) is 0 Å². The Balaban J connectivity index is 2.22. The lowest BCUT2D eigenvalue weighted by molar-refractivity contribution is -0.136. The summed E-state index contributed by atoms with van der Waals surface area (Å²) >= 11 is 0. The van der Waals surface area contributed by atoms with Crippen LogP contribution in [0.3, 0.4) is 0 Å². The number of nitrogens with one attached hydrogen (secondary N) is 1. The summed E-state index contributed by atoms with van der Waals surface area (Å²) in [5.74, 6) is -0.771. The molecular formula is C12H17NO2. The Labute approximate surface area is 89.5 Å². The fraction of sp³-hybridized carbons (Fsp3) is 0.583. The summed E-state index contributed by atoms with van der Waals surface area (Å²) in [5.41, 5.74) is 3.73. The zero-order chi connectivity index (χ0) is 11.1. The predicted molar refractivity (Wildman–Crippen MR) is 57.9 cm³/mol. The van der Waals surface area contributed by atoms with E-state index in [0.717, 1.165) is 18.5 Å². The molecule has 1 aliphatic rings. The second-order valence-electron chi connectivity index (χ2n) is 5.21. The van der Waals surface area contributed by atoms with Crippen molar-refractivity contribution in [1.82, 2.24) is 4.98 Å². The molecule has 3 heteroatoms. The first-order chi connectivity index (χ1) is 6.96. The van der Waals surface area contributed by atoms with Gasteiger partial charge in [-0.25, -0.2) is 0 Å². The molecule has 3 nitrogen and oxygen atoms in total. The van der Waals surface area contributed by atoms with E-state index in [1.807, 2.05) is 6.07 Å². The minimum atomic E-state index is -0.771. The number of aromatic amines is 1. The van der Waals surface area contributed by atoms with Crippen LogP contribution in [0.25, 0.3) is 0 Å². The fourth-order valence-corrected chi connectivity index (χ4v) is 2.29. The van der Waals surface area contributed by atoms with Crippen molar-refractivity contribution in [3.63, 3.8) is 0 Å². The molecule has 2 N–H and O–H groups in total. The molecule has 0 aliphatic heterocycles. The first kappa shape index (κ1) is 10.3. The molecular weight excluding hydrogens is 190 g/mol. The highest BCUT2D eigenvalue weighted by atomic mass is 16.4. The SMILES string of the molecule is CC1(C)CCc2cc(CC(=O)O)[nH]c2C1. The van der Waals surface area contributed by atoms with Crippen LogP contribution < -0.4 is 0 Å². The topological polar surface area (TPSA) is 53.1 Å². The second kappa shape index (κ2) is 3.40. The van der Waals surface area contributed by atoms with Crippen molar-refractivity contribution in [2.24, 2.45) is 5.41 Å². The van der Waals surface area contributed by atoms with Crippen LogP contribution in [0.5, 0.6) is 0 Å². The molecule has 1 aromatic heterocycles. The molecule has 1 aromatic rings. The molecule has 2 rings (SSSR count). The van der Waals surface area contributed by atoms with Crippen LogP contribution >= 0.6 is 0 Å². The summed E-state index contributed by atoms with van der Waals surface area (Å²) in [6.07, 6.45) is 3.39. The van der Waals surface area contributed by atoms with Gasteiger partial charge in [-0.1, -0.05) is 13.8 Å². The Kier molecular flexibility index (Phi) is 2.33. The normalized spacial score (nSPS) is 18.5. The third kappa shape index (κ3) is 2.22. The van der Waals surface area contributed by atoms with Gasteiger partial charge < -0.3 is 10.1 Å². The number of carboxylic acids is 1. The molecule has 0 fully saturated rings. The maximum absolute atomic E-state index is 10.6. The number of rotatable bonds is 2. The molecule has 0 aromatic carbocycles. The highest BCUT2D eigenvalue weighted by Gasteiger charge is 2.26. The van der Waals surface area contributed by atoms with Gasteiger partial charge in [-0.05, 0) is 36.3 Å². The third-order valence-electron chi connectivity index (χ3n) is 3.12. The molecule has 0 amide bonds. The zero-order valence-electron chi connectivity index (χ0n) is 9.26. The Morgan fingerprint density at radius 3 is 3.00 bits per heavy atom. The summed E-state index contributed by atoms with van der Waals surface area (Å²) in [7, 11) is 0. The highest BCUT2D eigenvalue weighted by Crippen LogP contribution is 2.34. The van der Waals surface area contributed by atoms with Gasteiger partial charge in [0.2, 0.25) is 0 Å². The molecule has 0 saturated carbocycles. The van der Waals surface area contributed by atoms with E-state index >= 15 is 0 Å². The minimum absolute atomic E-state index is 0.105. The van der Waals surface area contributed by atoms with Gasteiger partial charge in [0.05, 0.1) is 6.42 Å². The molecule has 0 saturated heterocycles. The largest absolute Gasteiger partial charge is 0.481 e. The summed E-state index contributed by atoms with van der Waals surface area (Å²) < 4.78 is 0. The van der Waals surface area contributed by atoms with Crippen LogP contribution in [0.1, 0.15) is 37.2 Å². The van der Waals surface area contributed by atoms with Crippen LogP contribution in [0.15, 0.2) is 6.07 Å². The van der Waals surface area contributed by atoms with Gasteiger partial charge in [0.15, 0.2) is 0 Å². The number of fused-ring (bicyclic) bond motifs is 1. The van der Waals surface area contributed by atoms with E-state index in [2.05, 4.69) is 18.8 Å². The minimum Gasteiger partial charge on any atom is -0.481 e. The Morgan fingerprint density at radius 1 is 1.60 bits per heavy atom. The lowest BCUT2D eigenvalue weighted by atomic mass is 9.77. The lowest BCUT2D eigenvalue weighted by Crippen LogP contribution is -2.21. The third-order valence-corrected chi connectivity index (χ3v) is 3.12. The monoisotopic (exact) mass is 207 g/mol. The van der Waals surface area contributed by atoms with Crippen LogP contribution in [0.4, 0.5) is 0 Å². The van der Waals surface area contributed by atoms with Crippen LogP contribution in [0, 0.1) is 5.41 Å². The number of hydrogen-bond acceptors (Lipinski definition) is 1. The highest BCUT2D eigenvalue weighted by molar-refractivity contribution is 5.69. The number of aromatic nitrogens is 1. The van der Waals surface area contributed by atoms with Crippen LogP contribution in [0.2, 0.25) is 0 Å². The number of aliphatic carboxylic acids is 1. The molecule has 82 valence electrons. The second-order valence-corrected chi connectivity index (χ2v) is 5.21. The Bertz CT molecular complexity index is 390. The molecule has 15 heavy (non-hydrogen) atoms. The van der Waals surface area contributed by atoms with Crippen molar-refractivity contribution >= 4 is 5.97 Å². The number of aryl methyl sites for hydroxylation is 1. The van der Waals surface area contributed by atoms with E-state index in [4.69, 9.17) is 5.11 Å². The van der Waals surface area contributed by atoms with Crippen molar-refractivity contribution < 1.29 is 9.90 Å². The summed E-state index contributed by atoms with van der Waals surface area (Å²) in [6, 6.07) is 2.01. The van der Waals surface area contributed by atoms with E-state index < -0.39 is 5.97 Å². The molecule has 0 unspecified atom stereocenters. The standard InChI is InChI=1S/C12H17NO2/c1-12(2)4-3-8-5-9(6-11(14)15)13-10(8)7-12/h5,13H,3-4,6-7H2,1-2H3,(H,14,15). The summed E-state index contributed by atoms with van der Waals surface area (Å²) in [6.45, 7) is 4.52. The molecule has 0 radical (unpaired) electrons. The predicted octanol–water partition coefficient (Wildman–Crippen LogP) is 2.16. The van der Waals surface area contributed by atoms with Gasteiger partial charge >= 0.3 is 5.97 Å². The van der Waals surface area contributed by atoms with Crippen molar-refractivity contribution in [3.8, 4) is 0 Å². The van der Waals surface area contributed by atoms with Crippen molar-refractivity contribution in [2.75, 3.05) is 0 Å². The molecule has 0 bridgehead atoms. The lowest BCUT2D eigenvalue weighted by Gasteiger charge is -2.29. The van der Waals surface area contributed by atoms with E-state index in [1.54, 1.807) is 0 Å². The van der Waals surface area contributed by atoms with Crippen molar-refractivity contribution in [3.05, 3.63) is 23.0 Å². The van der Waals surface area contributed by atoms with Gasteiger partial charge in [0.25, 0.3) is 0 Å². The van der Waals surface area contributed by atoms with Crippen LogP contribution in [-0.4, -0.2) is 16.1 Å². The molecule has 0 atom stereocenters. The number of carbonyl (C=O) groups is 1. The molecule has 0 spiro atoms. The maximum atomic E-state index is 10.6. The van der Waals surface area contributed by atoms with Gasteiger partial charge in [-0.3, -0.25) is 4.79 Å². The van der Waals surface area contributed by atoms with E-state index in [9.17, 15) is 4.79 Å². The maximum Gasteiger partial charge on any atom is 0.309 e. The Hall–Kier alpha value is -1.25. The summed E-state index contributed by atoms with van der Waals surface area (Å²) in [4.78, 5) is 13.8. The zero-order valence-corrected chi connectivity index (χ0v) is 9.26. The average Bonchev–Trinajstić information content (AvgIpc) is 2.42. The van der Waals surface area contributed by atoms with Gasteiger partial charge in [-0.15, -0.1) is 0 Å². The van der Waals surface area contributed by atoms with Gasteiger partial charge in [0, 0.05) is 11.4 Å². The average molecular weight is 207 g/mol. The van der Waals surface area contributed by atoms with Gasteiger partial charge in [0.1, 0.15) is 0 Å². The van der Waals surface area contributed by atoms with Crippen LogP contribution in [-0.2, 0) is 24.1 Å². The van der Waals surface area contributed by atoms with E-state index in [0.29, 0.717) is 5.41 Å².